The molecular weight excluding hydrogens is 357 g/mol. The summed E-state index contributed by atoms with van der Waals surface area (Å²) in [6.07, 6.45) is 2.94. The van der Waals surface area contributed by atoms with Crippen LogP contribution < -0.4 is 5.32 Å². The number of benzene rings is 2. The van der Waals surface area contributed by atoms with Crippen molar-refractivity contribution in [2.24, 2.45) is 5.92 Å². The summed E-state index contributed by atoms with van der Waals surface area (Å²) in [5, 5.41) is 3.94. The molecule has 5 nitrogen and oxygen atoms in total. The Balaban J connectivity index is 1.37. The minimum absolute atomic E-state index is 0.00437. The van der Waals surface area contributed by atoms with Gasteiger partial charge in [-0.05, 0) is 55.3 Å². The van der Waals surface area contributed by atoms with Gasteiger partial charge in [-0.15, -0.1) is 0 Å². The summed E-state index contributed by atoms with van der Waals surface area (Å²) < 4.78 is 13.0. The van der Waals surface area contributed by atoms with Crippen molar-refractivity contribution in [3.05, 3.63) is 65.6 Å². The number of aromatic amines is 1. The lowest BCUT2D eigenvalue weighted by molar-refractivity contribution is -0.128. The molecule has 1 saturated heterocycles. The van der Waals surface area contributed by atoms with Gasteiger partial charge in [0.15, 0.2) is 0 Å². The molecule has 1 aliphatic rings. The first kappa shape index (κ1) is 18.2. The van der Waals surface area contributed by atoms with E-state index in [-0.39, 0.29) is 30.0 Å². The van der Waals surface area contributed by atoms with Crippen LogP contribution in [0.5, 0.6) is 0 Å². The number of fused-ring (bicyclic) bond motifs is 1. The van der Waals surface area contributed by atoms with Crippen molar-refractivity contribution < 1.29 is 14.0 Å². The summed E-state index contributed by atoms with van der Waals surface area (Å²) in [5.74, 6) is -0.948. The highest BCUT2D eigenvalue weighted by molar-refractivity contribution is 5.97. The van der Waals surface area contributed by atoms with Crippen molar-refractivity contribution >= 4 is 28.4 Å². The van der Waals surface area contributed by atoms with Crippen molar-refractivity contribution in [1.82, 2.24) is 9.88 Å². The largest absolute Gasteiger partial charge is 0.361 e. The molecule has 2 amide bonds. The highest BCUT2D eigenvalue weighted by Crippen LogP contribution is 2.23. The lowest BCUT2D eigenvalue weighted by Gasteiger charge is -2.16. The SMILES string of the molecule is Cc1ccc2[nH]cc(CCN3CC(C(=O)Nc4ccc(F)cc4)CC3=O)c2c1. The first-order valence-corrected chi connectivity index (χ1v) is 9.40. The van der Waals surface area contributed by atoms with Gasteiger partial charge in [0.2, 0.25) is 11.8 Å². The zero-order chi connectivity index (χ0) is 19.7. The summed E-state index contributed by atoms with van der Waals surface area (Å²) >= 11 is 0. The second-order valence-electron chi connectivity index (χ2n) is 7.35. The van der Waals surface area contributed by atoms with E-state index >= 15 is 0 Å². The van der Waals surface area contributed by atoms with Crippen LogP contribution in [0.2, 0.25) is 0 Å². The average molecular weight is 379 g/mol. The predicted molar refractivity (Wildman–Crippen MR) is 106 cm³/mol. The first-order chi connectivity index (χ1) is 13.5. The van der Waals surface area contributed by atoms with E-state index < -0.39 is 0 Å². The number of nitrogens with zero attached hydrogens (tertiary/aromatic N) is 1. The van der Waals surface area contributed by atoms with E-state index in [1.54, 1.807) is 4.90 Å². The number of rotatable bonds is 5. The summed E-state index contributed by atoms with van der Waals surface area (Å²) in [5.41, 5.74) is 3.99. The summed E-state index contributed by atoms with van der Waals surface area (Å²) in [6, 6.07) is 11.9. The number of halogens is 1. The molecule has 0 spiro atoms. The van der Waals surface area contributed by atoms with Crippen molar-refractivity contribution in [2.75, 3.05) is 18.4 Å². The fraction of sp³-hybridized carbons (Fsp3) is 0.273. The summed E-state index contributed by atoms with van der Waals surface area (Å²) in [4.78, 5) is 29.8. The van der Waals surface area contributed by atoms with E-state index in [0.29, 0.717) is 18.8 Å². The number of amides is 2. The van der Waals surface area contributed by atoms with Crippen LogP contribution in [-0.4, -0.2) is 34.8 Å². The van der Waals surface area contributed by atoms with Crippen molar-refractivity contribution in [3.63, 3.8) is 0 Å². The van der Waals surface area contributed by atoms with Gasteiger partial charge < -0.3 is 15.2 Å². The third kappa shape index (κ3) is 3.76. The van der Waals surface area contributed by atoms with Crippen LogP contribution in [0.25, 0.3) is 10.9 Å². The number of carbonyl (C=O) groups excluding carboxylic acids is 2. The fourth-order valence-electron chi connectivity index (χ4n) is 3.70. The molecule has 1 aliphatic heterocycles. The minimum atomic E-state index is -0.386. The maximum Gasteiger partial charge on any atom is 0.229 e. The Kier molecular flexibility index (Phi) is 4.86. The van der Waals surface area contributed by atoms with Gasteiger partial charge in [-0.1, -0.05) is 11.6 Å². The molecule has 0 radical (unpaired) electrons. The number of carbonyl (C=O) groups is 2. The highest BCUT2D eigenvalue weighted by atomic mass is 19.1. The van der Waals surface area contributed by atoms with Crippen LogP contribution in [0.15, 0.2) is 48.7 Å². The van der Waals surface area contributed by atoms with Gasteiger partial charge in [0.05, 0.1) is 5.92 Å². The molecule has 1 fully saturated rings. The van der Waals surface area contributed by atoms with E-state index in [9.17, 15) is 14.0 Å². The Morgan fingerprint density at radius 2 is 2.04 bits per heavy atom. The zero-order valence-corrected chi connectivity index (χ0v) is 15.7. The standard InChI is InChI=1S/C22H22FN3O2/c1-14-2-7-20-19(10-14)15(12-24-20)8-9-26-13-16(11-21(26)27)22(28)25-18-5-3-17(23)4-6-18/h2-7,10,12,16,24H,8-9,11,13H2,1H3,(H,25,28). The van der Waals surface area contributed by atoms with Crippen molar-refractivity contribution in [3.8, 4) is 0 Å². The molecule has 3 aromatic rings. The molecular formula is C22H22FN3O2. The molecule has 6 heteroatoms. The quantitative estimate of drug-likeness (QED) is 0.711. The van der Waals surface area contributed by atoms with Gasteiger partial charge >= 0.3 is 0 Å². The fourth-order valence-corrected chi connectivity index (χ4v) is 3.70. The monoisotopic (exact) mass is 379 g/mol. The third-order valence-corrected chi connectivity index (χ3v) is 5.27. The molecule has 4 rings (SSSR count). The molecule has 1 unspecified atom stereocenters. The number of aromatic nitrogens is 1. The van der Waals surface area contributed by atoms with E-state index in [4.69, 9.17) is 0 Å². The Morgan fingerprint density at radius 1 is 1.25 bits per heavy atom. The van der Waals surface area contributed by atoms with Gasteiger partial charge in [0, 0.05) is 42.3 Å². The Hall–Kier alpha value is -3.15. The number of likely N-dealkylation sites (tertiary alicyclic amines) is 1. The Morgan fingerprint density at radius 3 is 2.82 bits per heavy atom. The number of nitrogens with one attached hydrogen (secondary N) is 2. The van der Waals surface area contributed by atoms with Gasteiger partial charge in [0.25, 0.3) is 0 Å². The van der Waals surface area contributed by atoms with E-state index in [0.717, 1.165) is 11.9 Å². The zero-order valence-electron chi connectivity index (χ0n) is 15.7. The van der Waals surface area contributed by atoms with Gasteiger partial charge in [-0.3, -0.25) is 9.59 Å². The second-order valence-corrected chi connectivity index (χ2v) is 7.35. The smallest absolute Gasteiger partial charge is 0.229 e. The van der Waals surface area contributed by atoms with Crippen LogP contribution in [-0.2, 0) is 16.0 Å². The average Bonchev–Trinajstić information content (AvgIpc) is 3.25. The maximum absolute atomic E-state index is 13.0. The van der Waals surface area contributed by atoms with Crippen molar-refractivity contribution in [1.29, 1.82) is 0 Å². The van der Waals surface area contributed by atoms with Crippen molar-refractivity contribution in [2.45, 2.75) is 19.8 Å². The lowest BCUT2D eigenvalue weighted by Crippen LogP contribution is -2.30. The molecule has 2 aromatic carbocycles. The van der Waals surface area contributed by atoms with Crippen LogP contribution in [0.4, 0.5) is 10.1 Å². The number of hydrogen-bond donors (Lipinski definition) is 2. The molecule has 0 saturated carbocycles. The number of H-pyrrole nitrogens is 1. The molecule has 28 heavy (non-hydrogen) atoms. The minimum Gasteiger partial charge on any atom is -0.361 e. The topological polar surface area (TPSA) is 65.2 Å². The number of anilines is 1. The van der Waals surface area contributed by atoms with Crippen LogP contribution in [0.3, 0.4) is 0 Å². The van der Waals surface area contributed by atoms with Crippen LogP contribution in [0, 0.1) is 18.7 Å². The number of aryl methyl sites for hydroxylation is 1. The molecule has 1 aromatic heterocycles. The van der Waals surface area contributed by atoms with E-state index in [2.05, 4.69) is 35.4 Å². The van der Waals surface area contributed by atoms with E-state index in [1.807, 2.05) is 6.20 Å². The molecule has 0 aliphatic carbocycles. The van der Waals surface area contributed by atoms with Gasteiger partial charge in [-0.25, -0.2) is 4.39 Å². The van der Waals surface area contributed by atoms with Gasteiger partial charge in [-0.2, -0.15) is 0 Å². The molecule has 2 N–H and O–H groups in total. The Bertz CT molecular complexity index is 1030. The molecule has 0 bridgehead atoms. The van der Waals surface area contributed by atoms with Crippen LogP contribution in [0.1, 0.15) is 17.5 Å². The predicted octanol–water partition coefficient (Wildman–Crippen LogP) is 3.65. The lowest BCUT2D eigenvalue weighted by atomic mass is 10.1. The van der Waals surface area contributed by atoms with Gasteiger partial charge in [0.1, 0.15) is 5.82 Å². The number of hydrogen-bond acceptors (Lipinski definition) is 2. The summed E-state index contributed by atoms with van der Waals surface area (Å²) in [6.45, 7) is 3.05. The molecule has 2 heterocycles. The second kappa shape index (κ2) is 7.46. The first-order valence-electron chi connectivity index (χ1n) is 9.40. The third-order valence-electron chi connectivity index (χ3n) is 5.27. The highest BCUT2D eigenvalue weighted by Gasteiger charge is 2.34. The van der Waals surface area contributed by atoms with Crippen LogP contribution >= 0.6 is 0 Å². The normalized spacial score (nSPS) is 16.7. The summed E-state index contributed by atoms with van der Waals surface area (Å²) in [7, 11) is 0. The Labute approximate surface area is 162 Å². The maximum atomic E-state index is 13.0. The van der Waals surface area contributed by atoms with E-state index in [1.165, 1.54) is 40.8 Å². The molecule has 144 valence electrons. The molecule has 1 atom stereocenters.